The highest BCUT2D eigenvalue weighted by Crippen LogP contribution is 2.30. The quantitative estimate of drug-likeness (QED) is 0.828. The minimum atomic E-state index is -0.0655. The zero-order valence-corrected chi connectivity index (χ0v) is 14.0. The number of halogens is 1. The summed E-state index contributed by atoms with van der Waals surface area (Å²) in [4.78, 5) is 14.4. The Bertz CT molecular complexity index is 303. The van der Waals surface area contributed by atoms with E-state index in [0.29, 0.717) is 6.54 Å². The molecule has 0 aromatic carbocycles. The lowest BCUT2D eigenvalue weighted by atomic mass is 9.77. The van der Waals surface area contributed by atoms with Crippen molar-refractivity contribution in [2.45, 2.75) is 52.1 Å². The summed E-state index contributed by atoms with van der Waals surface area (Å²) in [7, 11) is 4.07. The summed E-state index contributed by atoms with van der Waals surface area (Å²) in [5.74, 6) is 0.134. The lowest BCUT2D eigenvalue weighted by Gasteiger charge is -2.39. The largest absolute Gasteiger partial charge is 0.353 e. The van der Waals surface area contributed by atoms with E-state index in [4.69, 9.17) is 0 Å². The van der Waals surface area contributed by atoms with Crippen molar-refractivity contribution in [3.63, 3.8) is 0 Å². The first-order valence-electron chi connectivity index (χ1n) is 6.85. The summed E-state index contributed by atoms with van der Waals surface area (Å²) in [6.07, 6.45) is 2.26. The van der Waals surface area contributed by atoms with Crippen LogP contribution < -0.4 is 10.6 Å². The zero-order valence-electron chi connectivity index (χ0n) is 13.2. The van der Waals surface area contributed by atoms with Gasteiger partial charge in [-0.1, -0.05) is 13.8 Å². The van der Waals surface area contributed by atoms with Crippen molar-refractivity contribution in [3.05, 3.63) is 0 Å². The van der Waals surface area contributed by atoms with Gasteiger partial charge < -0.3 is 15.5 Å². The van der Waals surface area contributed by atoms with E-state index in [-0.39, 0.29) is 35.3 Å². The molecule has 1 amide bonds. The first-order valence-corrected chi connectivity index (χ1v) is 6.85. The SMILES string of the molecule is CN(C)C(C)(C)CNC(=O)C1NCCCC1(C)C.Cl. The highest BCUT2D eigenvalue weighted by atomic mass is 35.5. The van der Waals surface area contributed by atoms with Crippen molar-refractivity contribution in [2.24, 2.45) is 5.41 Å². The maximum atomic E-state index is 12.3. The van der Waals surface area contributed by atoms with E-state index >= 15 is 0 Å². The zero-order chi connectivity index (χ0) is 14.0. The minimum absolute atomic E-state index is 0. The number of likely N-dealkylation sites (N-methyl/N-ethyl adjacent to an activating group) is 1. The van der Waals surface area contributed by atoms with Crippen molar-refractivity contribution in [1.29, 1.82) is 0 Å². The van der Waals surface area contributed by atoms with Crippen molar-refractivity contribution in [3.8, 4) is 0 Å². The number of hydrogen-bond donors (Lipinski definition) is 2. The average molecular weight is 292 g/mol. The van der Waals surface area contributed by atoms with Crippen LogP contribution >= 0.6 is 12.4 Å². The van der Waals surface area contributed by atoms with E-state index < -0.39 is 0 Å². The standard InChI is InChI=1S/C14H29N3O.ClH/c1-13(2)8-7-9-15-11(13)12(18)16-10-14(3,4)17(5)6;/h11,15H,7-10H2,1-6H3,(H,16,18);1H. The van der Waals surface area contributed by atoms with Gasteiger partial charge in [-0.25, -0.2) is 0 Å². The molecule has 0 radical (unpaired) electrons. The van der Waals surface area contributed by atoms with E-state index in [9.17, 15) is 4.79 Å². The Hall–Kier alpha value is -0.320. The molecule has 4 nitrogen and oxygen atoms in total. The van der Waals surface area contributed by atoms with Crippen LogP contribution in [0.2, 0.25) is 0 Å². The van der Waals surface area contributed by atoms with E-state index in [0.717, 1.165) is 19.4 Å². The van der Waals surface area contributed by atoms with Crippen LogP contribution in [-0.4, -0.2) is 49.6 Å². The van der Waals surface area contributed by atoms with E-state index in [2.05, 4.69) is 43.2 Å². The Kier molecular flexibility index (Phi) is 6.79. The van der Waals surface area contributed by atoms with Gasteiger partial charge in [-0.05, 0) is 52.7 Å². The van der Waals surface area contributed by atoms with Crippen LogP contribution in [0.5, 0.6) is 0 Å². The molecule has 0 spiro atoms. The topological polar surface area (TPSA) is 44.4 Å². The van der Waals surface area contributed by atoms with Crippen LogP contribution in [0.1, 0.15) is 40.5 Å². The molecule has 2 N–H and O–H groups in total. The molecule has 19 heavy (non-hydrogen) atoms. The third kappa shape index (κ3) is 4.93. The van der Waals surface area contributed by atoms with Crippen molar-refractivity contribution in [2.75, 3.05) is 27.2 Å². The Balaban J connectivity index is 0.00000324. The average Bonchev–Trinajstić information content (AvgIpc) is 2.25. The number of nitrogens with zero attached hydrogens (tertiary/aromatic N) is 1. The molecule has 1 fully saturated rings. The molecular weight excluding hydrogens is 262 g/mol. The fourth-order valence-electron chi connectivity index (χ4n) is 2.22. The Morgan fingerprint density at radius 1 is 1.42 bits per heavy atom. The monoisotopic (exact) mass is 291 g/mol. The minimum Gasteiger partial charge on any atom is -0.353 e. The van der Waals surface area contributed by atoms with Crippen molar-refractivity contribution < 1.29 is 4.79 Å². The fourth-order valence-corrected chi connectivity index (χ4v) is 2.22. The fraction of sp³-hybridized carbons (Fsp3) is 0.929. The second-order valence-corrected chi connectivity index (χ2v) is 6.90. The molecule has 114 valence electrons. The number of rotatable bonds is 4. The summed E-state index contributed by atoms with van der Waals surface area (Å²) in [5.41, 5.74) is 0.0268. The second kappa shape index (κ2) is 6.91. The van der Waals surface area contributed by atoms with Gasteiger partial charge in [0, 0.05) is 12.1 Å². The summed E-state index contributed by atoms with van der Waals surface area (Å²) in [5, 5.41) is 6.44. The van der Waals surface area contributed by atoms with Crippen LogP contribution in [0, 0.1) is 5.41 Å². The molecule has 5 heteroatoms. The smallest absolute Gasteiger partial charge is 0.237 e. The predicted molar refractivity (Wildman–Crippen MR) is 82.8 cm³/mol. The molecule has 1 aliphatic heterocycles. The van der Waals surface area contributed by atoms with Gasteiger partial charge in [0.25, 0.3) is 0 Å². The number of carbonyl (C=O) groups is 1. The lowest BCUT2D eigenvalue weighted by molar-refractivity contribution is -0.127. The third-order valence-corrected chi connectivity index (χ3v) is 4.30. The number of piperidine rings is 1. The van der Waals surface area contributed by atoms with Gasteiger partial charge in [0.05, 0.1) is 6.04 Å². The van der Waals surface area contributed by atoms with Crippen molar-refractivity contribution in [1.82, 2.24) is 15.5 Å². The van der Waals surface area contributed by atoms with Gasteiger partial charge in [0.2, 0.25) is 5.91 Å². The molecule has 1 rings (SSSR count). The number of hydrogen-bond acceptors (Lipinski definition) is 3. The molecule has 0 aliphatic carbocycles. The Morgan fingerprint density at radius 2 is 2.00 bits per heavy atom. The molecular formula is C14H30ClN3O. The second-order valence-electron chi connectivity index (χ2n) is 6.90. The molecule has 1 saturated heterocycles. The first-order chi connectivity index (χ1) is 8.17. The Labute approximate surface area is 124 Å². The third-order valence-electron chi connectivity index (χ3n) is 4.30. The van der Waals surface area contributed by atoms with Gasteiger partial charge >= 0.3 is 0 Å². The molecule has 0 saturated carbocycles. The summed E-state index contributed by atoms with van der Waals surface area (Å²) >= 11 is 0. The maximum absolute atomic E-state index is 12.3. The summed E-state index contributed by atoms with van der Waals surface area (Å²) in [6, 6.07) is -0.0655. The summed E-state index contributed by atoms with van der Waals surface area (Å²) in [6.45, 7) is 10.2. The predicted octanol–water partition coefficient (Wildman–Crippen LogP) is 1.64. The number of nitrogens with one attached hydrogen (secondary N) is 2. The molecule has 0 bridgehead atoms. The maximum Gasteiger partial charge on any atom is 0.237 e. The number of amides is 1. The summed E-state index contributed by atoms with van der Waals surface area (Å²) < 4.78 is 0. The molecule has 0 aromatic heterocycles. The van der Waals surface area contributed by atoms with Crippen molar-refractivity contribution >= 4 is 18.3 Å². The van der Waals surface area contributed by atoms with E-state index in [1.807, 2.05) is 14.1 Å². The van der Waals surface area contributed by atoms with E-state index in [1.165, 1.54) is 0 Å². The van der Waals surface area contributed by atoms with Gasteiger partial charge in [0.1, 0.15) is 0 Å². The molecule has 1 unspecified atom stereocenters. The first kappa shape index (κ1) is 18.7. The van der Waals surface area contributed by atoms with Gasteiger partial charge in [0.15, 0.2) is 0 Å². The number of carbonyl (C=O) groups excluding carboxylic acids is 1. The lowest BCUT2D eigenvalue weighted by Crippen LogP contribution is -2.58. The highest BCUT2D eigenvalue weighted by Gasteiger charge is 2.37. The molecule has 0 aromatic rings. The van der Waals surface area contributed by atoms with Crippen LogP contribution in [0.15, 0.2) is 0 Å². The van der Waals surface area contributed by atoms with E-state index in [1.54, 1.807) is 0 Å². The van der Waals surface area contributed by atoms with Crippen LogP contribution in [0.25, 0.3) is 0 Å². The highest BCUT2D eigenvalue weighted by molar-refractivity contribution is 5.85. The van der Waals surface area contributed by atoms with Gasteiger partial charge in [-0.15, -0.1) is 12.4 Å². The van der Waals surface area contributed by atoms with Crippen LogP contribution in [0.4, 0.5) is 0 Å². The van der Waals surface area contributed by atoms with Crippen LogP contribution in [-0.2, 0) is 4.79 Å². The van der Waals surface area contributed by atoms with Gasteiger partial charge in [-0.2, -0.15) is 0 Å². The molecule has 1 aliphatic rings. The normalized spacial score (nSPS) is 22.8. The molecule has 1 heterocycles. The van der Waals surface area contributed by atoms with Crippen LogP contribution in [0.3, 0.4) is 0 Å². The van der Waals surface area contributed by atoms with Gasteiger partial charge in [-0.3, -0.25) is 4.79 Å². The molecule has 1 atom stereocenters. The Morgan fingerprint density at radius 3 is 2.47 bits per heavy atom.